The van der Waals surface area contributed by atoms with Crippen LogP contribution in [0.3, 0.4) is 0 Å². The Hall–Kier alpha value is -0.900. The summed E-state index contributed by atoms with van der Waals surface area (Å²) in [6.07, 6.45) is 2.26. The van der Waals surface area contributed by atoms with Gasteiger partial charge in [0.15, 0.2) is 0 Å². The molecule has 0 bridgehead atoms. The maximum Gasteiger partial charge on any atom is 0.0791 e. The van der Waals surface area contributed by atoms with Crippen molar-refractivity contribution in [2.24, 2.45) is 0 Å². The fourth-order valence-corrected chi connectivity index (χ4v) is 2.16. The number of benzene rings is 1. The van der Waals surface area contributed by atoms with Crippen LogP contribution >= 0.6 is 0 Å². The fraction of sp³-hybridized carbons (Fsp3) is 0.600. The normalized spacial score (nSPS) is 17.1. The summed E-state index contributed by atoms with van der Waals surface area (Å²) in [5, 5.41) is 13.3. The number of aliphatic hydroxyl groups excluding tert-OH is 1. The lowest BCUT2D eigenvalue weighted by atomic mass is 10.1. The minimum atomic E-state index is -0.278. The predicted octanol–water partition coefficient (Wildman–Crippen LogP) is 1.54. The zero-order valence-electron chi connectivity index (χ0n) is 11.4. The zero-order valence-corrected chi connectivity index (χ0v) is 11.4. The van der Waals surface area contributed by atoms with Gasteiger partial charge in [-0.3, -0.25) is 4.90 Å². The van der Waals surface area contributed by atoms with Crippen LogP contribution in [0.25, 0.3) is 0 Å². The summed E-state index contributed by atoms with van der Waals surface area (Å²) in [6.45, 7) is 4.46. The number of nitrogens with zero attached hydrogens (tertiary/aromatic N) is 1. The second kappa shape index (κ2) is 6.32. The quantitative estimate of drug-likeness (QED) is 0.768. The van der Waals surface area contributed by atoms with Crippen LogP contribution in [0.2, 0.25) is 0 Å². The molecule has 0 spiro atoms. The minimum Gasteiger partial charge on any atom is -0.390 e. The molecule has 3 heteroatoms. The number of rotatable bonds is 7. The largest absolute Gasteiger partial charge is 0.390 e. The van der Waals surface area contributed by atoms with Crippen LogP contribution in [0, 0.1) is 6.92 Å². The SMILES string of the molecule is Cc1ccccc1CN(C)CC(O)CNC1CC1. The standard InChI is InChI=1S/C15H24N2O/c1-12-5-3-4-6-13(12)10-17(2)11-15(18)9-16-14-7-8-14/h3-6,14-16,18H,7-11H2,1-2H3. The summed E-state index contributed by atoms with van der Waals surface area (Å²) in [5.74, 6) is 0. The highest BCUT2D eigenvalue weighted by Crippen LogP contribution is 2.18. The Kier molecular flexibility index (Phi) is 4.75. The van der Waals surface area contributed by atoms with Gasteiger partial charge in [0.05, 0.1) is 6.10 Å². The minimum absolute atomic E-state index is 0.278. The first-order valence-electron chi connectivity index (χ1n) is 6.79. The lowest BCUT2D eigenvalue weighted by molar-refractivity contribution is 0.121. The molecule has 1 aliphatic rings. The summed E-state index contributed by atoms with van der Waals surface area (Å²) in [5.41, 5.74) is 2.65. The third kappa shape index (κ3) is 4.41. The summed E-state index contributed by atoms with van der Waals surface area (Å²) < 4.78 is 0. The highest BCUT2D eigenvalue weighted by molar-refractivity contribution is 5.25. The van der Waals surface area contributed by atoms with E-state index in [1.165, 1.54) is 24.0 Å². The predicted molar refractivity (Wildman–Crippen MR) is 74.5 cm³/mol. The Balaban J connectivity index is 1.73. The van der Waals surface area contributed by atoms with Gasteiger partial charge in [0.2, 0.25) is 0 Å². The molecule has 0 saturated heterocycles. The van der Waals surface area contributed by atoms with Crippen LogP contribution in [0.15, 0.2) is 24.3 Å². The van der Waals surface area contributed by atoms with Crippen LogP contribution in [0.5, 0.6) is 0 Å². The molecule has 2 rings (SSSR count). The molecule has 1 fully saturated rings. The second-order valence-electron chi connectivity index (χ2n) is 5.46. The number of aryl methyl sites for hydroxylation is 1. The molecule has 1 saturated carbocycles. The van der Waals surface area contributed by atoms with E-state index in [-0.39, 0.29) is 6.10 Å². The number of hydrogen-bond donors (Lipinski definition) is 2. The highest BCUT2D eigenvalue weighted by Gasteiger charge is 2.21. The lowest BCUT2D eigenvalue weighted by Gasteiger charge is -2.21. The first-order valence-corrected chi connectivity index (χ1v) is 6.79. The molecule has 0 radical (unpaired) electrons. The molecular weight excluding hydrogens is 224 g/mol. The number of likely N-dealkylation sites (N-methyl/N-ethyl adjacent to an activating group) is 1. The van der Waals surface area contributed by atoms with Crippen molar-refractivity contribution >= 4 is 0 Å². The molecular formula is C15H24N2O. The van der Waals surface area contributed by atoms with Gasteiger partial charge in [-0.1, -0.05) is 24.3 Å². The summed E-state index contributed by atoms with van der Waals surface area (Å²) in [7, 11) is 2.06. The molecule has 1 aliphatic carbocycles. The molecule has 0 amide bonds. The van der Waals surface area contributed by atoms with Crippen LogP contribution in [0.1, 0.15) is 24.0 Å². The van der Waals surface area contributed by atoms with E-state index in [0.717, 1.165) is 6.54 Å². The van der Waals surface area contributed by atoms with Crippen molar-refractivity contribution in [2.75, 3.05) is 20.1 Å². The molecule has 1 atom stereocenters. The molecule has 0 heterocycles. The van der Waals surface area contributed by atoms with Gasteiger partial charge in [-0.25, -0.2) is 0 Å². The van der Waals surface area contributed by atoms with Gasteiger partial charge in [-0.15, -0.1) is 0 Å². The van der Waals surface area contributed by atoms with E-state index in [0.29, 0.717) is 19.1 Å². The molecule has 3 nitrogen and oxygen atoms in total. The summed E-state index contributed by atoms with van der Waals surface area (Å²) in [6, 6.07) is 9.09. The van der Waals surface area contributed by atoms with E-state index in [2.05, 4.69) is 48.5 Å². The van der Waals surface area contributed by atoms with Crippen molar-refractivity contribution in [3.05, 3.63) is 35.4 Å². The first kappa shape index (κ1) is 13.5. The van der Waals surface area contributed by atoms with Gasteiger partial charge in [0.1, 0.15) is 0 Å². The Morgan fingerprint density at radius 3 is 2.78 bits per heavy atom. The van der Waals surface area contributed by atoms with Crippen LogP contribution in [-0.4, -0.2) is 42.3 Å². The second-order valence-corrected chi connectivity index (χ2v) is 5.46. The maximum absolute atomic E-state index is 9.94. The van der Waals surface area contributed by atoms with Crippen molar-refractivity contribution in [2.45, 2.75) is 38.5 Å². The molecule has 2 N–H and O–H groups in total. The average molecular weight is 248 g/mol. The van der Waals surface area contributed by atoms with Crippen LogP contribution in [-0.2, 0) is 6.54 Å². The molecule has 100 valence electrons. The lowest BCUT2D eigenvalue weighted by Crippen LogP contribution is -2.37. The van der Waals surface area contributed by atoms with Gasteiger partial charge in [0.25, 0.3) is 0 Å². The monoisotopic (exact) mass is 248 g/mol. The van der Waals surface area contributed by atoms with E-state index in [4.69, 9.17) is 0 Å². The fourth-order valence-electron chi connectivity index (χ4n) is 2.16. The Bertz CT molecular complexity index is 377. The molecule has 1 aromatic rings. The smallest absolute Gasteiger partial charge is 0.0791 e. The van der Waals surface area contributed by atoms with Gasteiger partial charge in [-0.2, -0.15) is 0 Å². The zero-order chi connectivity index (χ0) is 13.0. The van der Waals surface area contributed by atoms with Gasteiger partial charge in [0, 0.05) is 25.7 Å². The number of aliphatic hydroxyl groups is 1. The first-order chi connectivity index (χ1) is 8.65. The van der Waals surface area contributed by atoms with E-state index in [1.807, 2.05) is 0 Å². The van der Waals surface area contributed by atoms with E-state index >= 15 is 0 Å². The number of nitrogens with one attached hydrogen (secondary N) is 1. The Morgan fingerprint density at radius 2 is 2.11 bits per heavy atom. The Labute approximate surface area is 110 Å². The topological polar surface area (TPSA) is 35.5 Å². The van der Waals surface area contributed by atoms with E-state index in [9.17, 15) is 5.11 Å². The highest BCUT2D eigenvalue weighted by atomic mass is 16.3. The number of hydrogen-bond acceptors (Lipinski definition) is 3. The average Bonchev–Trinajstić information content (AvgIpc) is 3.13. The Morgan fingerprint density at radius 1 is 1.39 bits per heavy atom. The van der Waals surface area contributed by atoms with Gasteiger partial charge < -0.3 is 10.4 Å². The van der Waals surface area contributed by atoms with Crippen LogP contribution in [0.4, 0.5) is 0 Å². The van der Waals surface area contributed by atoms with Crippen LogP contribution < -0.4 is 5.32 Å². The van der Waals surface area contributed by atoms with Crippen molar-refractivity contribution in [1.29, 1.82) is 0 Å². The van der Waals surface area contributed by atoms with Crippen molar-refractivity contribution in [1.82, 2.24) is 10.2 Å². The molecule has 1 unspecified atom stereocenters. The van der Waals surface area contributed by atoms with E-state index in [1.54, 1.807) is 0 Å². The third-order valence-electron chi connectivity index (χ3n) is 3.44. The molecule has 0 aromatic heterocycles. The van der Waals surface area contributed by atoms with Gasteiger partial charge in [-0.05, 0) is 37.9 Å². The summed E-state index contributed by atoms with van der Waals surface area (Å²) in [4.78, 5) is 2.18. The summed E-state index contributed by atoms with van der Waals surface area (Å²) >= 11 is 0. The molecule has 1 aromatic carbocycles. The van der Waals surface area contributed by atoms with Gasteiger partial charge >= 0.3 is 0 Å². The molecule has 18 heavy (non-hydrogen) atoms. The van der Waals surface area contributed by atoms with Crippen molar-refractivity contribution in [3.63, 3.8) is 0 Å². The maximum atomic E-state index is 9.94. The van der Waals surface area contributed by atoms with Crippen molar-refractivity contribution < 1.29 is 5.11 Å². The third-order valence-corrected chi connectivity index (χ3v) is 3.44. The van der Waals surface area contributed by atoms with E-state index < -0.39 is 0 Å². The van der Waals surface area contributed by atoms with Crippen molar-refractivity contribution in [3.8, 4) is 0 Å². The molecule has 0 aliphatic heterocycles.